The number of hydrogen-bond acceptors (Lipinski definition) is 8. The molecule has 1 amide bonds. The lowest BCUT2D eigenvalue weighted by atomic mass is 10.0. The van der Waals surface area contributed by atoms with E-state index in [1.165, 1.54) is 37.3 Å². The zero-order chi connectivity index (χ0) is 29.1. The van der Waals surface area contributed by atoms with E-state index in [0.717, 1.165) is 11.6 Å². The van der Waals surface area contributed by atoms with E-state index in [1.54, 1.807) is 24.3 Å². The second kappa shape index (κ2) is 11.2. The Bertz CT molecular complexity index is 1670. The molecule has 0 bridgehead atoms. The first-order valence-corrected chi connectivity index (χ1v) is 12.4. The number of ether oxygens (including phenoxy) is 4. The van der Waals surface area contributed by atoms with E-state index in [9.17, 15) is 27.6 Å². The molecule has 0 unspecified atom stereocenters. The summed E-state index contributed by atoms with van der Waals surface area (Å²) in [6.45, 7) is 1.82. The van der Waals surface area contributed by atoms with Gasteiger partial charge in [0.2, 0.25) is 11.2 Å². The minimum Gasteiger partial charge on any atom is -0.486 e. The highest BCUT2D eigenvalue weighted by molar-refractivity contribution is 5.86. The van der Waals surface area contributed by atoms with Crippen LogP contribution in [0.15, 0.2) is 75.9 Å². The number of fused-ring (bicyclic) bond motifs is 2. The molecular formula is C29H22F3NO8. The summed E-state index contributed by atoms with van der Waals surface area (Å²) in [5.41, 5.74) is -1.41. The van der Waals surface area contributed by atoms with Gasteiger partial charge in [0.15, 0.2) is 11.5 Å². The van der Waals surface area contributed by atoms with Crippen LogP contribution in [0.3, 0.4) is 0 Å². The maximum Gasteiger partial charge on any atom is 0.450 e. The molecule has 0 radical (unpaired) electrons. The Morgan fingerprint density at radius 2 is 1.71 bits per heavy atom. The van der Waals surface area contributed by atoms with Crippen molar-refractivity contribution in [2.24, 2.45) is 0 Å². The van der Waals surface area contributed by atoms with Crippen molar-refractivity contribution in [1.29, 1.82) is 0 Å². The molecule has 0 saturated heterocycles. The van der Waals surface area contributed by atoms with Crippen LogP contribution < -0.4 is 25.0 Å². The van der Waals surface area contributed by atoms with Crippen molar-refractivity contribution < 1.29 is 46.1 Å². The summed E-state index contributed by atoms with van der Waals surface area (Å²) >= 11 is 0. The van der Waals surface area contributed by atoms with Crippen molar-refractivity contribution in [3.63, 3.8) is 0 Å². The molecule has 5 rings (SSSR count). The van der Waals surface area contributed by atoms with Crippen molar-refractivity contribution in [2.75, 3.05) is 13.2 Å². The molecular weight excluding hydrogens is 547 g/mol. The summed E-state index contributed by atoms with van der Waals surface area (Å²) in [5, 5.41) is 2.15. The molecule has 1 atom stereocenters. The zero-order valence-corrected chi connectivity index (χ0v) is 21.4. The van der Waals surface area contributed by atoms with E-state index in [1.807, 2.05) is 6.07 Å². The van der Waals surface area contributed by atoms with Gasteiger partial charge >= 0.3 is 18.2 Å². The molecule has 0 aliphatic carbocycles. The van der Waals surface area contributed by atoms with Crippen molar-refractivity contribution in [3.05, 3.63) is 88.3 Å². The number of esters is 1. The van der Waals surface area contributed by atoms with Gasteiger partial charge in [-0.2, -0.15) is 13.2 Å². The smallest absolute Gasteiger partial charge is 0.450 e. The van der Waals surface area contributed by atoms with Gasteiger partial charge in [0.05, 0.1) is 10.9 Å². The Kier molecular flexibility index (Phi) is 7.56. The third-order valence-corrected chi connectivity index (χ3v) is 6.07. The summed E-state index contributed by atoms with van der Waals surface area (Å²) in [4.78, 5) is 37.9. The number of benzene rings is 3. The molecule has 12 heteroatoms. The van der Waals surface area contributed by atoms with Gasteiger partial charge in [0, 0.05) is 6.07 Å². The van der Waals surface area contributed by atoms with Crippen molar-refractivity contribution in [1.82, 2.24) is 5.32 Å². The Balaban J connectivity index is 1.37. The number of halogens is 3. The molecule has 1 N–H and O–H groups in total. The highest BCUT2D eigenvalue weighted by Crippen LogP contribution is 2.40. The van der Waals surface area contributed by atoms with Crippen LogP contribution >= 0.6 is 0 Å². The Morgan fingerprint density at radius 3 is 2.44 bits per heavy atom. The number of amides is 1. The van der Waals surface area contributed by atoms with E-state index in [4.69, 9.17) is 23.4 Å². The number of hydrogen-bond donors (Lipinski definition) is 1. The lowest BCUT2D eigenvalue weighted by Crippen LogP contribution is -2.41. The van der Waals surface area contributed by atoms with Crippen LogP contribution in [0.1, 0.15) is 18.2 Å². The lowest BCUT2D eigenvalue weighted by Gasteiger charge is -2.19. The third kappa shape index (κ3) is 6.11. The summed E-state index contributed by atoms with van der Waals surface area (Å²) in [5.74, 6) is -2.09. The van der Waals surface area contributed by atoms with Gasteiger partial charge in [-0.05, 0) is 42.3 Å². The molecule has 2 heterocycles. The molecule has 1 aliphatic rings. The summed E-state index contributed by atoms with van der Waals surface area (Å²) in [6.07, 6.45) is -5.90. The largest absolute Gasteiger partial charge is 0.486 e. The number of alkyl carbamates (subject to hydrolysis) is 1. The van der Waals surface area contributed by atoms with Gasteiger partial charge in [0.1, 0.15) is 37.2 Å². The molecule has 4 aromatic rings. The number of alkyl halides is 3. The Labute approximate surface area is 230 Å². The fraction of sp³-hybridized carbons (Fsp3) is 0.207. The topological polar surface area (TPSA) is 113 Å². The number of rotatable bonds is 6. The first-order valence-electron chi connectivity index (χ1n) is 12.4. The fourth-order valence-electron chi connectivity index (χ4n) is 4.10. The number of carbonyl (C=O) groups excluding carboxylic acids is 2. The monoisotopic (exact) mass is 569 g/mol. The van der Waals surface area contributed by atoms with Crippen LogP contribution in [-0.2, 0) is 22.3 Å². The second-order valence-corrected chi connectivity index (χ2v) is 9.00. The maximum absolute atomic E-state index is 14.1. The maximum atomic E-state index is 14.1. The van der Waals surface area contributed by atoms with Crippen molar-refractivity contribution in [3.8, 4) is 28.4 Å². The highest BCUT2D eigenvalue weighted by Gasteiger charge is 2.39. The van der Waals surface area contributed by atoms with Crippen molar-refractivity contribution >= 4 is 23.0 Å². The number of nitrogens with one attached hydrogen (secondary N) is 1. The van der Waals surface area contributed by atoms with Gasteiger partial charge in [0.25, 0.3) is 0 Å². The van der Waals surface area contributed by atoms with E-state index < -0.39 is 46.6 Å². The van der Waals surface area contributed by atoms with Gasteiger partial charge in [-0.3, -0.25) is 4.79 Å². The molecule has 9 nitrogen and oxygen atoms in total. The van der Waals surface area contributed by atoms with E-state index in [-0.39, 0.29) is 35.7 Å². The second-order valence-electron chi connectivity index (χ2n) is 9.00. The molecule has 0 saturated carbocycles. The van der Waals surface area contributed by atoms with Crippen LogP contribution in [-0.4, -0.2) is 31.3 Å². The van der Waals surface area contributed by atoms with Crippen LogP contribution in [0.4, 0.5) is 18.0 Å². The predicted octanol–water partition coefficient (Wildman–Crippen LogP) is 5.47. The van der Waals surface area contributed by atoms with E-state index in [2.05, 4.69) is 5.32 Å². The minimum absolute atomic E-state index is 0.0199. The average Bonchev–Trinajstić information content (AvgIpc) is 2.95. The number of carbonyl (C=O) groups is 2. The van der Waals surface area contributed by atoms with Crippen molar-refractivity contribution in [2.45, 2.75) is 25.7 Å². The molecule has 3 aromatic carbocycles. The van der Waals surface area contributed by atoms with Gasteiger partial charge in [-0.15, -0.1) is 0 Å². The SMILES string of the molecule is C[C@H](NC(=O)OCc1ccccc1)C(=O)Oc1ccc2c(=O)c(-c3ccc4c(c3)OCCO4)c(C(F)(F)F)oc2c1. The highest BCUT2D eigenvalue weighted by atomic mass is 19.4. The molecule has 0 spiro atoms. The molecule has 1 aromatic heterocycles. The van der Waals surface area contributed by atoms with Gasteiger partial charge in [-0.25, -0.2) is 9.59 Å². The molecule has 41 heavy (non-hydrogen) atoms. The summed E-state index contributed by atoms with van der Waals surface area (Å²) in [7, 11) is 0. The van der Waals surface area contributed by atoms with Crippen LogP contribution in [0.2, 0.25) is 0 Å². The van der Waals surface area contributed by atoms with Crippen LogP contribution in [0.5, 0.6) is 17.2 Å². The first-order chi connectivity index (χ1) is 19.6. The minimum atomic E-state index is -5.03. The van der Waals surface area contributed by atoms with Gasteiger partial charge < -0.3 is 28.7 Å². The first kappa shape index (κ1) is 27.6. The predicted molar refractivity (Wildman–Crippen MR) is 139 cm³/mol. The summed E-state index contributed by atoms with van der Waals surface area (Å²) in [6, 6.07) is 15.2. The Hall–Kier alpha value is -5.00. The van der Waals surface area contributed by atoms with Crippen LogP contribution in [0.25, 0.3) is 22.1 Å². The van der Waals surface area contributed by atoms with Gasteiger partial charge in [-0.1, -0.05) is 36.4 Å². The molecule has 0 fully saturated rings. The average molecular weight is 569 g/mol. The molecule has 1 aliphatic heterocycles. The quantitative estimate of drug-likeness (QED) is 0.240. The zero-order valence-electron chi connectivity index (χ0n) is 21.4. The Morgan fingerprint density at radius 1 is 0.976 bits per heavy atom. The standard InChI is InChI=1S/C29H22F3NO8/c1-16(33-28(36)39-15-17-5-3-2-4-6-17)27(35)40-19-8-9-20-22(14-19)41-26(29(30,31)32)24(25(20)34)18-7-10-21-23(13-18)38-12-11-37-21/h2-10,13-14,16H,11-12,15H2,1H3,(H,33,36)/t16-/m0/s1. The molecule has 212 valence electrons. The van der Waals surface area contributed by atoms with E-state index in [0.29, 0.717) is 12.4 Å². The fourth-order valence-corrected chi connectivity index (χ4v) is 4.10. The summed E-state index contributed by atoms with van der Waals surface area (Å²) < 4.78 is 68.5. The third-order valence-electron chi connectivity index (χ3n) is 6.07. The normalized spacial score (nSPS) is 13.4. The van der Waals surface area contributed by atoms with Crippen LogP contribution in [0, 0.1) is 0 Å². The van der Waals surface area contributed by atoms with E-state index >= 15 is 0 Å². The lowest BCUT2D eigenvalue weighted by molar-refractivity contribution is -0.152.